The number of nitro benzene ring substituents is 1. The molecule has 5 nitrogen and oxygen atoms in total. The first-order chi connectivity index (χ1) is 9.20. The second-order valence-corrected chi connectivity index (χ2v) is 4.59. The molecule has 0 radical (unpaired) electrons. The molecule has 19 heavy (non-hydrogen) atoms. The molecule has 0 aliphatic heterocycles. The lowest BCUT2D eigenvalue weighted by Crippen LogP contribution is -2.15. The summed E-state index contributed by atoms with van der Waals surface area (Å²) in [5.41, 5.74) is 1.02. The van der Waals surface area contributed by atoms with Crippen LogP contribution in [0.4, 0.5) is 5.69 Å². The summed E-state index contributed by atoms with van der Waals surface area (Å²) in [5, 5.41) is 14.3. The monoisotopic (exact) mass is 262 g/mol. The number of nitro groups is 1. The summed E-state index contributed by atoms with van der Waals surface area (Å²) in [5.74, 6) is 0.332. The fourth-order valence-corrected chi connectivity index (χ4v) is 1.72. The fourth-order valence-electron chi connectivity index (χ4n) is 1.72. The predicted molar refractivity (Wildman–Crippen MR) is 73.3 cm³/mol. The van der Waals surface area contributed by atoms with Gasteiger partial charge in [-0.1, -0.05) is 18.2 Å². The quantitative estimate of drug-likeness (QED) is 0.466. The molecule has 1 aromatic rings. The first-order valence-corrected chi connectivity index (χ1v) is 6.45. The molecule has 0 amide bonds. The van der Waals surface area contributed by atoms with Gasteiger partial charge < -0.3 is 10.1 Å². The smallest absolute Gasteiger partial charge is 0.310 e. The Morgan fingerprint density at radius 2 is 2.32 bits per heavy atom. The standard InChI is InChI=1S/C14H18N2O3/c1-2-3-8-19-14-9-11(10-15-12-5-6-12)4-7-13(14)16(17)18/h2-4,7,9,12,15H,5-6,8,10H2,1H3/b3-2+. The van der Waals surface area contributed by atoms with Gasteiger partial charge in [0, 0.05) is 18.7 Å². The van der Waals surface area contributed by atoms with Gasteiger partial charge in [0.25, 0.3) is 0 Å². The summed E-state index contributed by atoms with van der Waals surface area (Å²) in [6.07, 6.45) is 6.11. The molecule has 1 aromatic carbocycles. The van der Waals surface area contributed by atoms with E-state index in [0.717, 1.165) is 12.1 Å². The largest absolute Gasteiger partial charge is 0.483 e. The van der Waals surface area contributed by atoms with Gasteiger partial charge in [0.1, 0.15) is 6.61 Å². The minimum atomic E-state index is -0.414. The highest BCUT2D eigenvalue weighted by Crippen LogP contribution is 2.28. The number of benzene rings is 1. The molecule has 0 bridgehead atoms. The zero-order chi connectivity index (χ0) is 13.7. The van der Waals surface area contributed by atoms with E-state index in [9.17, 15) is 10.1 Å². The maximum absolute atomic E-state index is 10.9. The van der Waals surface area contributed by atoms with E-state index in [1.807, 2.05) is 19.1 Å². The third kappa shape index (κ3) is 4.06. The fraction of sp³-hybridized carbons (Fsp3) is 0.429. The SMILES string of the molecule is C/C=C/COc1cc(CNC2CC2)ccc1[N+](=O)[O-]. The average Bonchev–Trinajstić information content (AvgIpc) is 3.20. The minimum Gasteiger partial charge on any atom is -0.483 e. The third-order valence-corrected chi connectivity index (χ3v) is 2.96. The third-order valence-electron chi connectivity index (χ3n) is 2.96. The van der Waals surface area contributed by atoms with Gasteiger partial charge in [0.15, 0.2) is 5.75 Å². The number of rotatable bonds is 7. The van der Waals surface area contributed by atoms with Crippen molar-refractivity contribution in [2.45, 2.75) is 32.4 Å². The molecule has 0 unspecified atom stereocenters. The van der Waals surface area contributed by atoms with Crippen LogP contribution in [-0.2, 0) is 6.54 Å². The van der Waals surface area contributed by atoms with Crippen molar-refractivity contribution in [3.05, 3.63) is 46.0 Å². The summed E-state index contributed by atoms with van der Waals surface area (Å²) in [6, 6.07) is 5.64. The van der Waals surface area contributed by atoms with Crippen LogP contribution >= 0.6 is 0 Å². The normalized spacial score (nSPS) is 14.8. The predicted octanol–water partition coefficient (Wildman–Crippen LogP) is 2.80. The zero-order valence-corrected chi connectivity index (χ0v) is 11.0. The Kier molecular flexibility index (Phi) is 4.52. The molecule has 1 aliphatic rings. The van der Waals surface area contributed by atoms with Gasteiger partial charge in [0.2, 0.25) is 0 Å². The van der Waals surface area contributed by atoms with Crippen molar-refractivity contribution < 1.29 is 9.66 Å². The van der Waals surface area contributed by atoms with Crippen molar-refractivity contribution in [2.75, 3.05) is 6.61 Å². The summed E-state index contributed by atoms with van der Waals surface area (Å²) in [6.45, 7) is 2.95. The van der Waals surface area contributed by atoms with Crippen LogP contribution in [0.2, 0.25) is 0 Å². The van der Waals surface area contributed by atoms with Crippen molar-refractivity contribution in [3.63, 3.8) is 0 Å². The van der Waals surface area contributed by atoms with Gasteiger partial charge in [0.05, 0.1) is 4.92 Å². The molecular formula is C14H18N2O3. The average molecular weight is 262 g/mol. The van der Waals surface area contributed by atoms with E-state index in [0.29, 0.717) is 18.4 Å². The van der Waals surface area contributed by atoms with E-state index in [4.69, 9.17) is 4.74 Å². The molecule has 5 heteroatoms. The highest BCUT2D eigenvalue weighted by molar-refractivity contribution is 5.48. The molecule has 102 valence electrons. The highest BCUT2D eigenvalue weighted by atomic mass is 16.6. The van der Waals surface area contributed by atoms with Crippen LogP contribution in [0.1, 0.15) is 25.3 Å². The molecule has 0 saturated heterocycles. The molecule has 1 aliphatic carbocycles. The Hall–Kier alpha value is -1.88. The Morgan fingerprint density at radius 3 is 2.95 bits per heavy atom. The Bertz CT molecular complexity index is 482. The van der Waals surface area contributed by atoms with Crippen LogP contribution in [0.25, 0.3) is 0 Å². The van der Waals surface area contributed by atoms with E-state index in [-0.39, 0.29) is 5.69 Å². The zero-order valence-electron chi connectivity index (χ0n) is 11.0. The lowest BCUT2D eigenvalue weighted by atomic mass is 10.2. The number of nitrogens with zero attached hydrogens (tertiary/aromatic N) is 1. The van der Waals surface area contributed by atoms with Crippen molar-refractivity contribution >= 4 is 5.69 Å². The number of ether oxygens (including phenoxy) is 1. The van der Waals surface area contributed by atoms with E-state index in [1.165, 1.54) is 18.9 Å². The Morgan fingerprint density at radius 1 is 1.53 bits per heavy atom. The first kappa shape index (κ1) is 13.5. The summed E-state index contributed by atoms with van der Waals surface area (Å²) in [4.78, 5) is 10.5. The number of hydrogen-bond donors (Lipinski definition) is 1. The van der Waals surface area contributed by atoms with Crippen LogP contribution in [0, 0.1) is 10.1 Å². The molecule has 0 heterocycles. The molecule has 1 N–H and O–H groups in total. The molecule has 1 saturated carbocycles. The Labute approximate surface area is 112 Å². The van der Waals surface area contributed by atoms with Crippen LogP contribution in [0.3, 0.4) is 0 Å². The minimum absolute atomic E-state index is 0.0136. The molecule has 0 aromatic heterocycles. The van der Waals surface area contributed by atoms with E-state index in [1.54, 1.807) is 12.1 Å². The highest BCUT2D eigenvalue weighted by Gasteiger charge is 2.21. The van der Waals surface area contributed by atoms with E-state index >= 15 is 0 Å². The van der Waals surface area contributed by atoms with Crippen LogP contribution in [0.15, 0.2) is 30.4 Å². The van der Waals surface area contributed by atoms with E-state index in [2.05, 4.69) is 5.32 Å². The lowest BCUT2D eigenvalue weighted by molar-refractivity contribution is -0.385. The van der Waals surface area contributed by atoms with Gasteiger partial charge in [-0.3, -0.25) is 10.1 Å². The van der Waals surface area contributed by atoms with Crippen LogP contribution in [-0.4, -0.2) is 17.6 Å². The van der Waals surface area contributed by atoms with E-state index < -0.39 is 4.92 Å². The number of hydrogen-bond acceptors (Lipinski definition) is 4. The summed E-state index contributed by atoms with van der Waals surface area (Å²) >= 11 is 0. The first-order valence-electron chi connectivity index (χ1n) is 6.45. The molecule has 1 fully saturated rings. The molecule has 0 atom stereocenters. The van der Waals surface area contributed by atoms with Gasteiger partial charge >= 0.3 is 5.69 Å². The van der Waals surface area contributed by atoms with Gasteiger partial charge in [-0.05, 0) is 31.4 Å². The van der Waals surface area contributed by atoms with Crippen molar-refractivity contribution in [1.82, 2.24) is 5.32 Å². The van der Waals surface area contributed by atoms with Crippen molar-refractivity contribution in [1.29, 1.82) is 0 Å². The maximum atomic E-state index is 10.9. The Balaban J connectivity index is 2.08. The van der Waals surface area contributed by atoms with Crippen molar-refractivity contribution in [2.24, 2.45) is 0 Å². The second kappa shape index (κ2) is 6.33. The summed E-state index contributed by atoms with van der Waals surface area (Å²) < 4.78 is 5.45. The number of nitrogens with one attached hydrogen (secondary N) is 1. The molecule has 0 spiro atoms. The maximum Gasteiger partial charge on any atom is 0.310 e. The van der Waals surface area contributed by atoms with Crippen LogP contribution in [0.5, 0.6) is 5.75 Å². The topological polar surface area (TPSA) is 64.4 Å². The second-order valence-electron chi connectivity index (χ2n) is 4.59. The lowest BCUT2D eigenvalue weighted by Gasteiger charge is -2.08. The molecule has 2 rings (SSSR count). The van der Waals surface area contributed by atoms with Gasteiger partial charge in [-0.2, -0.15) is 0 Å². The number of allylic oxidation sites excluding steroid dienone is 1. The van der Waals surface area contributed by atoms with Gasteiger partial charge in [-0.25, -0.2) is 0 Å². The summed E-state index contributed by atoms with van der Waals surface area (Å²) in [7, 11) is 0. The van der Waals surface area contributed by atoms with Gasteiger partial charge in [-0.15, -0.1) is 0 Å². The van der Waals surface area contributed by atoms with Crippen molar-refractivity contribution in [3.8, 4) is 5.75 Å². The van der Waals surface area contributed by atoms with Crippen LogP contribution < -0.4 is 10.1 Å². The molecular weight excluding hydrogens is 244 g/mol.